The van der Waals surface area contributed by atoms with Crippen LogP contribution in [0.3, 0.4) is 0 Å². The van der Waals surface area contributed by atoms with Crippen LogP contribution >= 0.6 is 11.3 Å². The zero-order valence-corrected chi connectivity index (χ0v) is 7.42. The normalized spacial score (nSPS) is 10.8. The number of fused-ring (bicyclic) bond motifs is 1. The first-order chi connectivity index (χ1) is 5.68. The highest BCUT2D eigenvalue weighted by atomic mass is 32.1. The summed E-state index contributed by atoms with van der Waals surface area (Å²) in [4.78, 5) is 11.9. The van der Waals surface area contributed by atoms with Gasteiger partial charge in [-0.3, -0.25) is 4.79 Å². The second kappa shape index (κ2) is 2.34. The van der Waals surface area contributed by atoms with Crippen molar-refractivity contribution in [2.24, 2.45) is 0 Å². The Morgan fingerprint density at radius 3 is 2.83 bits per heavy atom. The lowest BCUT2D eigenvalue weighted by atomic mass is 10.5. The lowest BCUT2D eigenvalue weighted by Gasteiger charge is -1.88. The molecule has 0 fully saturated rings. The first-order valence-corrected chi connectivity index (χ1v) is 4.20. The zero-order chi connectivity index (χ0) is 8.72. The fraction of sp³-hybridized carbons (Fsp3) is 0.333. The number of hydrogen-bond acceptors (Lipinski definition) is 5. The monoisotopic (exact) mass is 182 g/mol. The molecule has 0 aromatic carbocycles. The van der Waals surface area contributed by atoms with Gasteiger partial charge in [0.2, 0.25) is 4.96 Å². The van der Waals surface area contributed by atoms with Crippen LogP contribution in [0.25, 0.3) is 4.96 Å². The lowest BCUT2D eigenvalue weighted by molar-refractivity contribution is 0.817. The van der Waals surface area contributed by atoms with Crippen LogP contribution in [0.15, 0.2) is 4.79 Å². The third-order valence-corrected chi connectivity index (χ3v) is 2.26. The Labute approximate surface area is 71.7 Å². The molecule has 0 bridgehead atoms. The third kappa shape index (κ3) is 0.918. The number of hydrogen-bond donors (Lipinski definition) is 0. The lowest BCUT2D eigenvalue weighted by Crippen LogP contribution is -2.19. The standard InChI is InChI=1S/C6H6N4OS/c1-3-5(11)10-6(8-7-3)12-4(2)9-10/h1-2H3. The first-order valence-electron chi connectivity index (χ1n) is 3.38. The maximum absolute atomic E-state index is 11.3. The van der Waals surface area contributed by atoms with E-state index in [1.54, 1.807) is 6.92 Å². The molecule has 0 aliphatic carbocycles. The van der Waals surface area contributed by atoms with Crippen molar-refractivity contribution in [2.75, 3.05) is 0 Å². The van der Waals surface area contributed by atoms with Gasteiger partial charge in [0.1, 0.15) is 10.7 Å². The summed E-state index contributed by atoms with van der Waals surface area (Å²) in [6, 6.07) is 0. The summed E-state index contributed by atoms with van der Waals surface area (Å²) in [7, 11) is 0. The van der Waals surface area contributed by atoms with E-state index < -0.39 is 0 Å². The van der Waals surface area contributed by atoms with Crippen LogP contribution in [0.5, 0.6) is 0 Å². The number of aromatic nitrogens is 4. The van der Waals surface area contributed by atoms with Gasteiger partial charge in [-0.2, -0.15) is 9.61 Å². The van der Waals surface area contributed by atoms with Crippen molar-refractivity contribution in [3.8, 4) is 0 Å². The average molecular weight is 182 g/mol. The van der Waals surface area contributed by atoms with Crippen LogP contribution in [0.2, 0.25) is 0 Å². The van der Waals surface area contributed by atoms with Crippen molar-refractivity contribution in [3.05, 3.63) is 21.1 Å². The first kappa shape index (κ1) is 7.35. The molecular weight excluding hydrogens is 176 g/mol. The number of nitrogens with zero attached hydrogens (tertiary/aromatic N) is 4. The fourth-order valence-corrected chi connectivity index (χ4v) is 1.57. The van der Waals surface area contributed by atoms with E-state index in [-0.39, 0.29) is 5.56 Å². The quantitative estimate of drug-likeness (QED) is 0.582. The van der Waals surface area contributed by atoms with E-state index >= 15 is 0 Å². The van der Waals surface area contributed by atoms with Gasteiger partial charge in [-0.1, -0.05) is 11.3 Å². The Kier molecular flexibility index (Phi) is 1.44. The summed E-state index contributed by atoms with van der Waals surface area (Å²) in [6.07, 6.45) is 0. The molecule has 2 aromatic heterocycles. The highest BCUT2D eigenvalue weighted by molar-refractivity contribution is 7.16. The van der Waals surface area contributed by atoms with Gasteiger partial charge in [0.15, 0.2) is 0 Å². The van der Waals surface area contributed by atoms with E-state index in [9.17, 15) is 4.79 Å². The molecular formula is C6H6N4OS. The van der Waals surface area contributed by atoms with Gasteiger partial charge < -0.3 is 0 Å². The molecule has 0 aliphatic heterocycles. The molecule has 12 heavy (non-hydrogen) atoms. The molecule has 0 amide bonds. The highest BCUT2D eigenvalue weighted by Gasteiger charge is 2.05. The van der Waals surface area contributed by atoms with Crippen LogP contribution in [0.4, 0.5) is 0 Å². The predicted molar refractivity (Wildman–Crippen MR) is 44.4 cm³/mol. The number of rotatable bonds is 0. The van der Waals surface area contributed by atoms with Crippen molar-refractivity contribution < 1.29 is 0 Å². The Morgan fingerprint density at radius 1 is 1.33 bits per heavy atom. The van der Waals surface area contributed by atoms with Gasteiger partial charge in [0, 0.05) is 0 Å². The van der Waals surface area contributed by atoms with E-state index in [4.69, 9.17) is 0 Å². The van der Waals surface area contributed by atoms with Gasteiger partial charge >= 0.3 is 0 Å². The van der Waals surface area contributed by atoms with Crippen molar-refractivity contribution in [3.63, 3.8) is 0 Å². The Bertz CT molecular complexity index is 486. The molecule has 0 aliphatic rings. The van der Waals surface area contributed by atoms with Gasteiger partial charge in [0.05, 0.1) is 0 Å². The summed E-state index contributed by atoms with van der Waals surface area (Å²) >= 11 is 1.35. The maximum Gasteiger partial charge on any atom is 0.296 e. The topological polar surface area (TPSA) is 60.2 Å². The molecule has 0 radical (unpaired) electrons. The Morgan fingerprint density at radius 2 is 2.08 bits per heavy atom. The van der Waals surface area contributed by atoms with Crippen LogP contribution in [0.1, 0.15) is 10.7 Å². The van der Waals surface area contributed by atoms with Gasteiger partial charge in [-0.25, -0.2) is 0 Å². The molecule has 6 heteroatoms. The largest absolute Gasteiger partial charge is 0.296 e. The van der Waals surface area contributed by atoms with Gasteiger partial charge in [-0.15, -0.1) is 10.2 Å². The van der Waals surface area contributed by atoms with E-state index in [0.29, 0.717) is 10.7 Å². The second-order valence-electron chi connectivity index (χ2n) is 2.41. The SMILES string of the molecule is Cc1nn2c(=O)c(C)nnc2s1. The maximum atomic E-state index is 11.3. The van der Waals surface area contributed by atoms with Crippen LogP contribution in [-0.2, 0) is 0 Å². The molecule has 0 spiro atoms. The van der Waals surface area contributed by atoms with Crippen molar-refractivity contribution in [1.82, 2.24) is 19.8 Å². The molecule has 0 saturated carbocycles. The van der Waals surface area contributed by atoms with Crippen LogP contribution in [-0.4, -0.2) is 19.8 Å². The van der Waals surface area contributed by atoms with Gasteiger partial charge in [0.25, 0.3) is 5.56 Å². The summed E-state index contributed by atoms with van der Waals surface area (Å²) < 4.78 is 1.28. The second-order valence-corrected chi connectivity index (χ2v) is 3.57. The minimum absolute atomic E-state index is 0.190. The van der Waals surface area contributed by atoms with E-state index in [0.717, 1.165) is 5.01 Å². The molecule has 2 rings (SSSR count). The molecule has 2 heterocycles. The Balaban J connectivity index is 2.99. The predicted octanol–water partition coefficient (Wildman–Crippen LogP) is 0.163. The smallest absolute Gasteiger partial charge is 0.265 e. The summed E-state index contributed by atoms with van der Waals surface area (Å²) in [5, 5.41) is 12.3. The van der Waals surface area contributed by atoms with Gasteiger partial charge in [-0.05, 0) is 13.8 Å². The van der Waals surface area contributed by atoms with E-state index in [1.165, 1.54) is 15.9 Å². The third-order valence-electron chi connectivity index (χ3n) is 1.45. The average Bonchev–Trinajstić information content (AvgIpc) is 2.39. The summed E-state index contributed by atoms with van der Waals surface area (Å²) in [5.41, 5.74) is 0.183. The Hall–Kier alpha value is -1.30. The highest BCUT2D eigenvalue weighted by Crippen LogP contribution is 2.07. The van der Waals surface area contributed by atoms with Crippen molar-refractivity contribution in [2.45, 2.75) is 13.8 Å². The minimum atomic E-state index is -0.190. The molecule has 0 unspecified atom stereocenters. The molecule has 2 aromatic rings. The van der Waals surface area contributed by atoms with Crippen molar-refractivity contribution >= 4 is 16.3 Å². The minimum Gasteiger partial charge on any atom is -0.265 e. The molecule has 62 valence electrons. The summed E-state index contributed by atoms with van der Waals surface area (Å²) in [6.45, 7) is 3.45. The molecule has 5 nitrogen and oxygen atoms in total. The number of aryl methyl sites for hydroxylation is 2. The van der Waals surface area contributed by atoms with Crippen LogP contribution in [0, 0.1) is 13.8 Å². The van der Waals surface area contributed by atoms with E-state index in [2.05, 4.69) is 15.3 Å². The van der Waals surface area contributed by atoms with Crippen molar-refractivity contribution in [1.29, 1.82) is 0 Å². The molecule has 0 atom stereocenters. The molecule has 0 saturated heterocycles. The summed E-state index contributed by atoms with van der Waals surface area (Å²) in [5.74, 6) is 0. The molecule has 0 N–H and O–H groups in total. The zero-order valence-electron chi connectivity index (χ0n) is 6.61. The van der Waals surface area contributed by atoms with Crippen LogP contribution < -0.4 is 5.56 Å². The van der Waals surface area contributed by atoms with E-state index in [1.807, 2.05) is 6.92 Å². The fourth-order valence-electron chi connectivity index (χ4n) is 0.888.